The van der Waals surface area contributed by atoms with Crippen molar-refractivity contribution in [2.45, 2.75) is 19.3 Å². The van der Waals surface area contributed by atoms with Crippen LogP contribution < -0.4 is 5.32 Å². The Balaban J connectivity index is 1.70. The van der Waals surface area contributed by atoms with Crippen LogP contribution in [-0.4, -0.2) is 15.9 Å². The van der Waals surface area contributed by atoms with Gasteiger partial charge in [0.05, 0.1) is 23.7 Å². The number of amides is 1. The molecule has 0 radical (unpaired) electrons. The Kier molecular flexibility index (Phi) is 3.21. The molecule has 0 aliphatic heterocycles. The zero-order chi connectivity index (χ0) is 13.9. The summed E-state index contributed by atoms with van der Waals surface area (Å²) in [6.45, 7) is 0. The Morgan fingerprint density at radius 3 is 3.25 bits per heavy atom. The number of nitriles is 1. The summed E-state index contributed by atoms with van der Waals surface area (Å²) in [6.07, 6.45) is 4.01. The van der Waals surface area contributed by atoms with Crippen molar-refractivity contribution in [2.75, 3.05) is 5.32 Å². The summed E-state index contributed by atoms with van der Waals surface area (Å²) in [5.74, 6) is -0.0472. The van der Waals surface area contributed by atoms with Crippen molar-refractivity contribution in [2.24, 2.45) is 5.92 Å². The second-order valence-electron chi connectivity index (χ2n) is 4.95. The lowest BCUT2D eigenvalue weighted by Crippen LogP contribution is -2.28. The maximum absolute atomic E-state index is 12.3. The number of aromatic nitrogens is 2. The fourth-order valence-electron chi connectivity index (χ4n) is 2.54. The van der Waals surface area contributed by atoms with E-state index in [1.54, 1.807) is 30.6 Å². The summed E-state index contributed by atoms with van der Waals surface area (Å²) in [7, 11) is 0. The number of imidazole rings is 1. The van der Waals surface area contributed by atoms with Gasteiger partial charge in [0.2, 0.25) is 5.91 Å². The molecule has 2 N–H and O–H groups in total. The molecule has 1 aliphatic rings. The number of fused-ring (bicyclic) bond motifs is 1. The second-order valence-corrected chi connectivity index (χ2v) is 4.95. The van der Waals surface area contributed by atoms with Crippen LogP contribution in [0.5, 0.6) is 0 Å². The van der Waals surface area contributed by atoms with E-state index in [9.17, 15) is 4.79 Å². The van der Waals surface area contributed by atoms with Gasteiger partial charge in [-0.15, -0.1) is 0 Å². The molecular formula is C15H14N4O. The first-order valence-electron chi connectivity index (χ1n) is 6.58. The minimum atomic E-state index is -0.0475. The number of hydrogen-bond acceptors (Lipinski definition) is 3. The van der Waals surface area contributed by atoms with Crippen LogP contribution in [0.15, 0.2) is 30.6 Å². The van der Waals surface area contributed by atoms with Crippen molar-refractivity contribution in [1.29, 1.82) is 5.26 Å². The van der Waals surface area contributed by atoms with Gasteiger partial charge in [0.1, 0.15) is 0 Å². The number of anilines is 1. The molecule has 1 aliphatic carbocycles. The Bertz CT molecular complexity index is 683. The van der Waals surface area contributed by atoms with Gasteiger partial charge in [0.15, 0.2) is 0 Å². The molecule has 1 unspecified atom stereocenters. The minimum Gasteiger partial charge on any atom is -0.348 e. The monoisotopic (exact) mass is 266 g/mol. The molecule has 0 spiro atoms. The van der Waals surface area contributed by atoms with Crippen LogP contribution >= 0.6 is 0 Å². The number of benzene rings is 1. The number of aromatic amines is 1. The van der Waals surface area contributed by atoms with Crippen molar-refractivity contribution < 1.29 is 4.79 Å². The number of rotatable bonds is 2. The fourth-order valence-corrected chi connectivity index (χ4v) is 2.54. The molecule has 3 rings (SSSR count). The lowest BCUT2D eigenvalue weighted by Gasteiger charge is -2.20. The van der Waals surface area contributed by atoms with E-state index in [0.29, 0.717) is 17.7 Å². The fraction of sp³-hybridized carbons (Fsp3) is 0.267. The molecule has 0 bridgehead atoms. The maximum Gasteiger partial charge on any atom is 0.227 e. The summed E-state index contributed by atoms with van der Waals surface area (Å²) in [5.41, 5.74) is 3.34. The average Bonchev–Trinajstić information content (AvgIpc) is 2.94. The largest absolute Gasteiger partial charge is 0.348 e. The molecule has 5 nitrogen and oxygen atoms in total. The van der Waals surface area contributed by atoms with Crippen LogP contribution in [0, 0.1) is 17.2 Å². The number of hydrogen-bond donors (Lipinski definition) is 2. The Morgan fingerprint density at radius 1 is 1.50 bits per heavy atom. The third-order valence-corrected chi connectivity index (χ3v) is 3.62. The van der Waals surface area contributed by atoms with Gasteiger partial charge in [-0.1, -0.05) is 6.07 Å². The third-order valence-electron chi connectivity index (χ3n) is 3.62. The molecule has 5 heteroatoms. The summed E-state index contributed by atoms with van der Waals surface area (Å²) >= 11 is 0. The molecule has 1 heterocycles. The SMILES string of the molecule is N#Cc1cccc(NC(=O)C2CCc3nc[nH]c3C2)c1. The van der Waals surface area contributed by atoms with Crippen LogP contribution in [0.25, 0.3) is 0 Å². The molecule has 1 atom stereocenters. The number of nitrogens with zero attached hydrogens (tertiary/aromatic N) is 2. The van der Waals surface area contributed by atoms with Crippen molar-refractivity contribution >= 4 is 11.6 Å². The third kappa shape index (κ3) is 2.41. The highest BCUT2D eigenvalue weighted by Gasteiger charge is 2.26. The van der Waals surface area contributed by atoms with Crippen molar-refractivity contribution in [3.05, 3.63) is 47.5 Å². The molecule has 0 fully saturated rings. The quantitative estimate of drug-likeness (QED) is 0.872. The highest BCUT2D eigenvalue weighted by molar-refractivity contribution is 5.93. The van der Waals surface area contributed by atoms with Gasteiger partial charge in [-0.3, -0.25) is 4.79 Å². The molecular weight excluding hydrogens is 252 g/mol. The minimum absolute atomic E-state index is 0.000315. The summed E-state index contributed by atoms with van der Waals surface area (Å²) in [4.78, 5) is 19.6. The molecule has 100 valence electrons. The topological polar surface area (TPSA) is 81.6 Å². The van der Waals surface area contributed by atoms with Crippen LogP contribution in [-0.2, 0) is 17.6 Å². The summed E-state index contributed by atoms with van der Waals surface area (Å²) < 4.78 is 0. The van der Waals surface area contributed by atoms with Gasteiger partial charge in [0, 0.05) is 23.7 Å². The average molecular weight is 266 g/mol. The second kappa shape index (κ2) is 5.17. The first-order chi connectivity index (χ1) is 9.76. The first kappa shape index (κ1) is 12.4. The Morgan fingerprint density at radius 2 is 2.40 bits per heavy atom. The van der Waals surface area contributed by atoms with Crippen LogP contribution in [0.2, 0.25) is 0 Å². The Hall–Kier alpha value is -2.61. The van der Waals surface area contributed by atoms with Crippen molar-refractivity contribution in [3.8, 4) is 6.07 Å². The van der Waals surface area contributed by atoms with Gasteiger partial charge in [-0.2, -0.15) is 5.26 Å². The molecule has 0 saturated carbocycles. The zero-order valence-electron chi connectivity index (χ0n) is 10.9. The standard InChI is InChI=1S/C15H14N4O/c16-8-10-2-1-3-12(6-10)19-15(20)11-4-5-13-14(7-11)18-9-17-13/h1-3,6,9,11H,4-5,7H2,(H,17,18)(H,19,20). The smallest absolute Gasteiger partial charge is 0.227 e. The maximum atomic E-state index is 12.3. The van der Waals surface area contributed by atoms with Crippen molar-refractivity contribution in [1.82, 2.24) is 9.97 Å². The number of nitrogens with one attached hydrogen (secondary N) is 2. The predicted octanol–water partition coefficient (Wildman–Crippen LogP) is 2.02. The number of carbonyl (C=O) groups is 1. The highest BCUT2D eigenvalue weighted by Crippen LogP contribution is 2.24. The van der Waals surface area contributed by atoms with E-state index in [0.717, 1.165) is 24.2 Å². The lowest BCUT2D eigenvalue weighted by atomic mass is 9.89. The molecule has 0 saturated heterocycles. The molecule has 2 aromatic rings. The lowest BCUT2D eigenvalue weighted by molar-refractivity contribution is -0.120. The highest BCUT2D eigenvalue weighted by atomic mass is 16.1. The van der Waals surface area contributed by atoms with E-state index in [-0.39, 0.29) is 11.8 Å². The van der Waals surface area contributed by atoms with Crippen molar-refractivity contribution in [3.63, 3.8) is 0 Å². The normalized spacial score (nSPS) is 17.1. The molecule has 1 amide bonds. The summed E-state index contributed by atoms with van der Waals surface area (Å²) in [6, 6.07) is 9.02. The van der Waals surface area contributed by atoms with E-state index in [4.69, 9.17) is 5.26 Å². The van der Waals surface area contributed by atoms with Crippen LogP contribution in [0.3, 0.4) is 0 Å². The summed E-state index contributed by atoms with van der Waals surface area (Å²) in [5, 5.41) is 11.7. The van der Waals surface area contributed by atoms with E-state index in [2.05, 4.69) is 21.4 Å². The Labute approximate surface area is 116 Å². The van der Waals surface area contributed by atoms with Gasteiger partial charge in [-0.25, -0.2) is 4.98 Å². The molecule has 1 aromatic carbocycles. The van der Waals surface area contributed by atoms with E-state index in [1.165, 1.54) is 0 Å². The predicted molar refractivity (Wildman–Crippen MR) is 73.9 cm³/mol. The molecule has 20 heavy (non-hydrogen) atoms. The number of carbonyl (C=O) groups excluding carboxylic acids is 1. The van der Waals surface area contributed by atoms with Gasteiger partial charge >= 0.3 is 0 Å². The first-order valence-corrected chi connectivity index (χ1v) is 6.58. The van der Waals surface area contributed by atoms with Gasteiger partial charge in [-0.05, 0) is 31.0 Å². The van der Waals surface area contributed by atoms with Gasteiger partial charge < -0.3 is 10.3 Å². The van der Waals surface area contributed by atoms with Gasteiger partial charge in [0.25, 0.3) is 0 Å². The van der Waals surface area contributed by atoms with E-state index >= 15 is 0 Å². The number of H-pyrrole nitrogens is 1. The van der Waals surface area contributed by atoms with Crippen LogP contribution in [0.1, 0.15) is 23.4 Å². The molecule has 1 aromatic heterocycles. The van der Waals surface area contributed by atoms with E-state index < -0.39 is 0 Å². The zero-order valence-corrected chi connectivity index (χ0v) is 10.9. The number of aryl methyl sites for hydroxylation is 1. The van der Waals surface area contributed by atoms with E-state index in [1.807, 2.05) is 0 Å². The van der Waals surface area contributed by atoms with Crippen LogP contribution in [0.4, 0.5) is 5.69 Å².